The Hall–Kier alpha value is -1.62. The van der Waals surface area contributed by atoms with Crippen LogP contribution in [-0.4, -0.2) is 29.0 Å². The molecule has 5 nitrogen and oxygen atoms in total. The van der Waals surface area contributed by atoms with Crippen LogP contribution in [0, 0.1) is 11.8 Å². The maximum absolute atomic E-state index is 12.3. The van der Waals surface area contributed by atoms with E-state index in [1.807, 2.05) is 0 Å². The summed E-state index contributed by atoms with van der Waals surface area (Å²) in [4.78, 5) is 28.2. The number of carbonyl (C=O) groups is 2. The molecule has 23 heavy (non-hydrogen) atoms. The Kier molecular flexibility index (Phi) is 5.99. The number of pyridine rings is 1. The molecule has 1 heterocycles. The molecule has 1 aromatic heterocycles. The molecule has 1 saturated carbocycles. The van der Waals surface area contributed by atoms with Crippen molar-refractivity contribution < 1.29 is 14.3 Å². The van der Waals surface area contributed by atoms with E-state index in [1.165, 1.54) is 18.7 Å². The molecule has 0 aromatic carbocycles. The van der Waals surface area contributed by atoms with Crippen LogP contribution in [0.5, 0.6) is 0 Å². The number of esters is 1. The standard InChI is InChI=1S/C17H23ClN2O3/c1-10-6-4-8-14(11(10)2)20-16(21)12(3)23-17(22)13-7-5-9-19-15(13)18/h5,7,9-12,14H,4,6,8H2,1-3H3,(H,20,21)/t10-,11+,12+,14-/m0/s1. The van der Waals surface area contributed by atoms with E-state index in [-0.39, 0.29) is 22.7 Å². The normalized spacial score (nSPS) is 25.5. The zero-order valence-electron chi connectivity index (χ0n) is 13.7. The van der Waals surface area contributed by atoms with E-state index in [9.17, 15) is 9.59 Å². The summed E-state index contributed by atoms with van der Waals surface area (Å²) in [5.74, 6) is 0.0876. The average molecular weight is 339 g/mol. The number of halogens is 1. The van der Waals surface area contributed by atoms with Gasteiger partial charge in [-0.05, 0) is 37.3 Å². The molecule has 6 heteroatoms. The van der Waals surface area contributed by atoms with Crippen LogP contribution in [0.3, 0.4) is 0 Å². The molecule has 1 amide bonds. The Morgan fingerprint density at radius 1 is 1.39 bits per heavy atom. The van der Waals surface area contributed by atoms with Gasteiger partial charge in [0.2, 0.25) is 0 Å². The molecule has 0 spiro atoms. The van der Waals surface area contributed by atoms with Crippen LogP contribution in [0.1, 0.15) is 50.4 Å². The number of rotatable bonds is 4. The highest BCUT2D eigenvalue weighted by Crippen LogP contribution is 2.29. The van der Waals surface area contributed by atoms with Gasteiger partial charge in [0.15, 0.2) is 6.10 Å². The molecule has 0 unspecified atom stereocenters. The summed E-state index contributed by atoms with van der Waals surface area (Å²) < 4.78 is 5.21. The number of hydrogen-bond donors (Lipinski definition) is 1. The van der Waals surface area contributed by atoms with Gasteiger partial charge < -0.3 is 10.1 Å². The van der Waals surface area contributed by atoms with Crippen molar-refractivity contribution in [2.45, 2.75) is 52.2 Å². The molecule has 1 aliphatic rings. The molecule has 126 valence electrons. The van der Waals surface area contributed by atoms with E-state index in [0.29, 0.717) is 11.8 Å². The molecule has 4 atom stereocenters. The molecular weight excluding hydrogens is 316 g/mol. The van der Waals surface area contributed by atoms with Gasteiger partial charge in [-0.1, -0.05) is 38.3 Å². The van der Waals surface area contributed by atoms with Crippen LogP contribution in [0.2, 0.25) is 5.15 Å². The minimum atomic E-state index is -0.872. The molecule has 1 fully saturated rings. The smallest absolute Gasteiger partial charge is 0.342 e. The number of ether oxygens (including phenoxy) is 1. The lowest BCUT2D eigenvalue weighted by Gasteiger charge is -2.35. The molecule has 0 aliphatic heterocycles. The molecular formula is C17H23ClN2O3. The van der Waals surface area contributed by atoms with Gasteiger partial charge in [-0.15, -0.1) is 0 Å². The SMILES string of the molecule is C[C@H]1[C@@H](NC(=O)[C@@H](C)OC(=O)c2cccnc2Cl)CCC[C@@H]1C. The zero-order chi connectivity index (χ0) is 17.0. The monoisotopic (exact) mass is 338 g/mol. The van der Waals surface area contributed by atoms with E-state index in [1.54, 1.807) is 13.0 Å². The predicted molar refractivity (Wildman–Crippen MR) is 88.2 cm³/mol. The van der Waals surface area contributed by atoms with E-state index in [4.69, 9.17) is 16.3 Å². The van der Waals surface area contributed by atoms with Gasteiger partial charge in [-0.2, -0.15) is 0 Å². The van der Waals surface area contributed by atoms with Crippen LogP contribution in [0.25, 0.3) is 0 Å². The fourth-order valence-electron chi connectivity index (χ4n) is 2.90. The first-order valence-electron chi connectivity index (χ1n) is 8.02. The number of carbonyl (C=O) groups excluding carboxylic acids is 2. The summed E-state index contributed by atoms with van der Waals surface area (Å²) in [5, 5.41) is 3.07. The quantitative estimate of drug-likeness (QED) is 0.676. The van der Waals surface area contributed by atoms with E-state index in [2.05, 4.69) is 24.1 Å². The summed E-state index contributed by atoms with van der Waals surface area (Å²) in [6.07, 6.45) is 3.88. The lowest BCUT2D eigenvalue weighted by molar-refractivity contribution is -0.130. The van der Waals surface area contributed by atoms with Crippen LogP contribution in [0.4, 0.5) is 0 Å². The summed E-state index contributed by atoms with van der Waals surface area (Å²) in [7, 11) is 0. The van der Waals surface area contributed by atoms with Gasteiger partial charge in [0.25, 0.3) is 5.91 Å². The number of nitrogens with one attached hydrogen (secondary N) is 1. The van der Waals surface area contributed by atoms with Crippen molar-refractivity contribution in [3.8, 4) is 0 Å². The number of amides is 1. The summed E-state index contributed by atoms with van der Waals surface area (Å²) in [5.41, 5.74) is 0.161. The third kappa shape index (κ3) is 4.44. The molecule has 1 aliphatic carbocycles. The van der Waals surface area contributed by atoms with E-state index in [0.717, 1.165) is 12.8 Å². The minimum absolute atomic E-state index is 0.0693. The molecule has 0 saturated heterocycles. The van der Waals surface area contributed by atoms with Crippen LogP contribution in [0.15, 0.2) is 18.3 Å². The Morgan fingerprint density at radius 2 is 2.13 bits per heavy atom. The Balaban J connectivity index is 1.92. The summed E-state index contributed by atoms with van der Waals surface area (Å²) in [6.45, 7) is 5.92. The number of nitrogens with zero attached hydrogens (tertiary/aromatic N) is 1. The number of aromatic nitrogens is 1. The first kappa shape index (κ1) is 17.7. The van der Waals surface area contributed by atoms with Crippen molar-refractivity contribution in [1.82, 2.24) is 10.3 Å². The van der Waals surface area contributed by atoms with Gasteiger partial charge in [-0.3, -0.25) is 4.79 Å². The Bertz CT molecular complexity index is 579. The van der Waals surface area contributed by atoms with Crippen molar-refractivity contribution >= 4 is 23.5 Å². The maximum atomic E-state index is 12.3. The summed E-state index contributed by atoms with van der Waals surface area (Å²) >= 11 is 5.86. The zero-order valence-corrected chi connectivity index (χ0v) is 14.5. The fourth-order valence-corrected chi connectivity index (χ4v) is 3.10. The first-order valence-corrected chi connectivity index (χ1v) is 8.39. The lowest BCUT2D eigenvalue weighted by Crippen LogP contribution is -2.47. The van der Waals surface area contributed by atoms with E-state index < -0.39 is 12.1 Å². The highest BCUT2D eigenvalue weighted by Gasteiger charge is 2.30. The van der Waals surface area contributed by atoms with Crippen molar-refractivity contribution in [1.29, 1.82) is 0 Å². The molecule has 2 rings (SSSR count). The largest absolute Gasteiger partial charge is 0.449 e. The molecule has 1 N–H and O–H groups in total. The molecule has 0 radical (unpaired) electrons. The third-order valence-corrected chi connectivity index (χ3v) is 4.97. The fraction of sp³-hybridized carbons (Fsp3) is 0.588. The van der Waals surface area contributed by atoms with Gasteiger partial charge in [0.05, 0.1) is 5.56 Å². The second-order valence-electron chi connectivity index (χ2n) is 6.27. The van der Waals surface area contributed by atoms with Gasteiger partial charge in [0, 0.05) is 12.2 Å². The lowest BCUT2D eigenvalue weighted by atomic mass is 9.78. The Morgan fingerprint density at radius 3 is 2.83 bits per heavy atom. The second-order valence-corrected chi connectivity index (χ2v) is 6.63. The minimum Gasteiger partial charge on any atom is -0.449 e. The van der Waals surface area contributed by atoms with Gasteiger partial charge >= 0.3 is 5.97 Å². The van der Waals surface area contributed by atoms with Crippen molar-refractivity contribution in [2.24, 2.45) is 11.8 Å². The van der Waals surface area contributed by atoms with Crippen LogP contribution < -0.4 is 5.32 Å². The average Bonchev–Trinajstić information content (AvgIpc) is 2.52. The highest BCUT2D eigenvalue weighted by atomic mass is 35.5. The maximum Gasteiger partial charge on any atom is 0.342 e. The summed E-state index contributed by atoms with van der Waals surface area (Å²) in [6, 6.07) is 3.25. The Labute approximate surface area is 141 Å². The highest BCUT2D eigenvalue weighted by molar-refractivity contribution is 6.32. The van der Waals surface area contributed by atoms with Gasteiger partial charge in [-0.25, -0.2) is 9.78 Å². The molecule has 0 bridgehead atoms. The van der Waals surface area contributed by atoms with Crippen molar-refractivity contribution in [3.63, 3.8) is 0 Å². The van der Waals surface area contributed by atoms with Crippen LogP contribution >= 0.6 is 11.6 Å². The van der Waals surface area contributed by atoms with Gasteiger partial charge in [0.1, 0.15) is 5.15 Å². The van der Waals surface area contributed by atoms with Crippen molar-refractivity contribution in [2.75, 3.05) is 0 Å². The van der Waals surface area contributed by atoms with E-state index >= 15 is 0 Å². The molecule has 1 aromatic rings. The number of hydrogen-bond acceptors (Lipinski definition) is 4. The van der Waals surface area contributed by atoms with Crippen LogP contribution in [-0.2, 0) is 9.53 Å². The predicted octanol–water partition coefficient (Wildman–Crippen LogP) is 3.22. The topological polar surface area (TPSA) is 68.3 Å². The third-order valence-electron chi connectivity index (χ3n) is 4.67. The first-order chi connectivity index (χ1) is 10.9. The second kappa shape index (κ2) is 7.77. The van der Waals surface area contributed by atoms with Crippen molar-refractivity contribution in [3.05, 3.63) is 29.0 Å².